The molecule has 1 unspecified atom stereocenters. The van der Waals surface area contributed by atoms with Gasteiger partial charge >= 0.3 is 11.7 Å². The maximum Gasteiger partial charge on any atom is 0.332 e. The summed E-state index contributed by atoms with van der Waals surface area (Å²) in [6.07, 6.45) is 0.921. The highest BCUT2D eigenvalue weighted by Crippen LogP contribution is 2.49. The Hall–Kier alpha value is -2.56. The third-order valence-corrected chi connectivity index (χ3v) is 7.83. The molecule has 2 aromatic heterocycles. The fourth-order valence-electron chi connectivity index (χ4n) is 4.46. The second-order valence-electron chi connectivity index (χ2n) is 8.67. The largest absolute Gasteiger partial charge is 0.481 e. The lowest BCUT2D eigenvalue weighted by Crippen LogP contribution is -2.40. The minimum Gasteiger partial charge on any atom is -0.481 e. The molecule has 174 valence electrons. The Morgan fingerprint density at radius 2 is 1.81 bits per heavy atom. The number of carbonyl (C=O) groups excluding carboxylic acids is 1. The number of hydrogen-bond acceptors (Lipinski definition) is 5. The van der Waals surface area contributed by atoms with Gasteiger partial charge in [0.15, 0.2) is 0 Å². The third kappa shape index (κ3) is 3.87. The first kappa shape index (κ1) is 22.6. The van der Waals surface area contributed by atoms with Gasteiger partial charge in [-0.25, -0.2) is 13.6 Å². The number of aliphatic carboxylic acids is 1. The first-order chi connectivity index (χ1) is 15.0. The second-order valence-corrected chi connectivity index (χ2v) is 9.67. The molecule has 8 nitrogen and oxygen atoms in total. The fraction of sp³-hybridized carbons (Fsp3) is 0.619. The van der Waals surface area contributed by atoms with Crippen molar-refractivity contribution < 1.29 is 23.5 Å². The number of nitrogens with zero attached hydrogens (tertiary/aromatic N) is 3. The van der Waals surface area contributed by atoms with Gasteiger partial charge in [-0.05, 0) is 38.2 Å². The number of halogens is 2. The van der Waals surface area contributed by atoms with Crippen molar-refractivity contribution in [1.29, 1.82) is 0 Å². The summed E-state index contributed by atoms with van der Waals surface area (Å²) >= 11 is 1.00. The van der Waals surface area contributed by atoms with Gasteiger partial charge in [0.05, 0.1) is 10.3 Å². The van der Waals surface area contributed by atoms with Crippen LogP contribution in [0.4, 0.5) is 8.78 Å². The molecule has 2 aliphatic rings. The summed E-state index contributed by atoms with van der Waals surface area (Å²) < 4.78 is 29.4. The number of aromatic nitrogens is 2. The molecule has 2 aromatic rings. The lowest BCUT2D eigenvalue weighted by atomic mass is 9.93. The fourth-order valence-corrected chi connectivity index (χ4v) is 5.73. The molecule has 0 radical (unpaired) electrons. The zero-order chi connectivity index (χ0) is 23.4. The van der Waals surface area contributed by atoms with Crippen molar-refractivity contribution in [2.24, 2.45) is 11.8 Å². The number of likely N-dealkylation sites (tertiary alicyclic amines) is 1. The van der Waals surface area contributed by atoms with Crippen molar-refractivity contribution in [3.05, 3.63) is 31.3 Å². The van der Waals surface area contributed by atoms with Crippen LogP contribution in [0, 0.1) is 18.8 Å². The Morgan fingerprint density at radius 3 is 2.34 bits per heavy atom. The summed E-state index contributed by atoms with van der Waals surface area (Å²) in [5, 5.41) is 9.19. The molecule has 32 heavy (non-hydrogen) atoms. The molecule has 1 atom stereocenters. The van der Waals surface area contributed by atoms with Crippen LogP contribution in [-0.2, 0) is 17.9 Å². The van der Waals surface area contributed by atoms with Gasteiger partial charge < -0.3 is 10.0 Å². The molecule has 0 aromatic carbocycles. The lowest BCUT2D eigenvalue weighted by Gasteiger charge is -2.31. The predicted octanol–water partition coefficient (Wildman–Crippen LogP) is 2.54. The smallest absolute Gasteiger partial charge is 0.332 e. The number of aryl methyl sites for hydroxylation is 1. The van der Waals surface area contributed by atoms with Gasteiger partial charge in [0, 0.05) is 44.9 Å². The summed E-state index contributed by atoms with van der Waals surface area (Å²) in [5.74, 6) is -4.90. The van der Waals surface area contributed by atoms with Gasteiger partial charge in [-0.15, -0.1) is 11.3 Å². The normalized spacial score (nSPS) is 20.6. The zero-order valence-corrected chi connectivity index (χ0v) is 18.7. The maximum atomic E-state index is 13.6. The topological polar surface area (TPSA) is 102 Å². The molecule has 1 amide bonds. The van der Waals surface area contributed by atoms with Crippen molar-refractivity contribution >= 4 is 33.4 Å². The number of alkyl halides is 2. The highest BCUT2D eigenvalue weighted by Gasteiger charge is 2.57. The molecular formula is C21H25F2N3O5S. The third-order valence-electron chi connectivity index (χ3n) is 6.53. The van der Waals surface area contributed by atoms with E-state index in [9.17, 15) is 28.0 Å². The average Bonchev–Trinajstić information content (AvgIpc) is 3.18. The lowest BCUT2D eigenvalue weighted by molar-refractivity contribution is -0.138. The van der Waals surface area contributed by atoms with Crippen LogP contribution in [0.2, 0.25) is 0 Å². The van der Waals surface area contributed by atoms with Crippen LogP contribution in [-0.4, -0.2) is 50.0 Å². The van der Waals surface area contributed by atoms with Crippen LogP contribution in [0.5, 0.6) is 0 Å². The first-order valence-corrected chi connectivity index (χ1v) is 11.5. The van der Waals surface area contributed by atoms with Gasteiger partial charge in [0.2, 0.25) is 0 Å². The minimum atomic E-state index is -2.82. The quantitative estimate of drug-likeness (QED) is 0.701. The summed E-state index contributed by atoms with van der Waals surface area (Å²) in [5.41, 5.74) is -0.701. The number of amides is 1. The number of fused-ring (bicyclic) bond motifs is 1. The van der Waals surface area contributed by atoms with Gasteiger partial charge in [0.1, 0.15) is 4.83 Å². The van der Waals surface area contributed by atoms with E-state index in [0.29, 0.717) is 36.4 Å². The number of piperidine rings is 1. The van der Waals surface area contributed by atoms with Gasteiger partial charge in [0.25, 0.3) is 17.4 Å². The predicted molar refractivity (Wildman–Crippen MR) is 115 cm³/mol. The van der Waals surface area contributed by atoms with E-state index in [4.69, 9.17) is 5.11 Å². The Balaban J connectivity index is 1.71. The van der Waals surface area contributed by atoms with Gasteiger partial charge in [-0.1, -0.05) is 0 Å². The molecule has 1 aliphatic heterocycles. The Labute approximate surface area is 186 Å². The van der Waals surface area contributed by atoms with Gasteiger partial charge in [-0.2, -0.15) is 0 Å². The zero-order valence-electron chi connectivity index (χ0n) is 17.9. The maximum absolute atomic E-state index is 13.6. The highest BCUT2D eigenvalue weighted by molar-refractivity contribution is 7.20. The molecule has 1 saturated heterocycles. The summed E-state index contributed by atoms with van der Waals surface area (Å²) in [6, 6.07) is 0. The van der Waals surface area contributed by atoms with E-state index in [2.05, 4.69) is 0 Å². The number of thiophene rings is 1. The van der Waals surface area contributed by atoms with Gasteiger partial charge in [-0.3, -0.25) is 23.5 Å². The summed E-state index contributed by atoms with van der Waals surface area (Å²) in [6.45, 7) is 4.00. The number of carbonyl (C=O) groups is 2. The van der Waals surface area contributed by atoms with E-state index >= 15 is 0 Å². The van der Waals surface area contributed by atoms with E-state index in [0.717, 1.165) is 15.9 Å². The monoisotopic (exact) mass is 469 g/mol. The van der Waals surface area contributed by atoms with Crippen LogP contribution in [0.25, 0.3) is 10.2 Å². The molecular weight excluding hydrogens is 444 g/mol. The SMILES string of the molecule is CCn1c(=O)c2c(C)c(C(=O)N3CCC(CC(=O)O)CC3)sc2n(CC2CC2(F)F)c1=O. The van der Waals surface area contributed by atoms with Crippen LogP contribution in [0.1, 0.15) is 47.8 Å². The van der Waals surface area contributed by atoms with Crippen molar-refractivity contribution in [1.82, 2.24) is 14.0 Å². The van der Waals surface area contributed by atoms with Crippen molar-refractivity contribution in [2.45, 2.75) is 58.5 Å². The number of hydrogen-bond donors (Lipinski definition) is 1. The number of rotatable bonds is 6. The molecule has 1 N–H and O–H groups in total. The standard InChI is InChI=1S/C21H25F2N3O5S/c1-3-25-17(29)15-11(2)16(18(30)24-6-4-12(5-7-24)8-14(27)28)32-19(15)26(20(25)31)10-13-9-21(13,22)23/h12-13H,3-10H2,1-2H3,(H,27,28). The average molecular weight is 470 g/mol. The Bertz CT molecular complexity index is 1210. The molecule has 3 heterocycles. The molecule has 0 bridgehead atoms. The van der Waals surface area contributed by atoms with E-state index in [1.54, 1.807) is 18.7 Å². The Morgan fingerprint density at radius 1 is 1.19 bits per heavy atom. The van der Waals surface area contributed by atoms with Crippen LogP contribution < -0.4 is 11.2 Å². The molecule has 11 heteroatoms. The minimum absolute atomic E-state index is 0.0159. The van der Waals surface area contributed by atoms with Crippen LogP contribution in [0.3, 0.4) is 0 Å². The molecule has 4 rings (SSSR count). The molecule has 1 aliphatic carbocycles. The molecule has 0 spiro atoms. The Kier molecular flexibility index (Phi) is 5.72. The van der Waals surface area contributed by atoms with E-state index in [1.807, 2.05) is 0 Å². The highest BCUT2D eigenvalue weighted by atomic mass is 32.1. The van der Waals surface area contributed by atoms with Crippen molar-refractivity contribution in [3.8, 4) is 0 Å². The van der Waals surface area contributed by atoms with Crippen molar-refractivity contribution in [2.75, 3.05) is 13.1 Å². The second kappa shape index (κ2) is 8.09. The first-order valence-electron chi connectivity index (χ1n) is 10.7. The molecule has 1 saturated carbocycles. The number of carboxylic acid groups (broad SMARTS) is 1. The summed E-state index contributed by atoms with van der Waals surface area (Å²) in [4.78, 5) is 52.2. The van der Waals surface area contributed by atoms with E-state index in [-0.39, 0.29) is 48.0 Å². The summed E-state index contributed by atoms with van der Waals surface area (Å²) in [7, 11) is 0. The molecule has 2 fully saturated rings. The van der Waals surface area contributed by atoms with Crippen LogP contribution >= 0.6 is 11.3 Å². The van der Waals surface area contributed by atoms with E-state index in [1.165, 1.54) is 4.57 Å². The van der Waals surface area contributed by atoms with Crippen molar-refractivity contribution in [3.63, 3.8) is 0 Å². The van der Waals surface area contributed by atoms with E-state index < -0.39 is 29.1 Å². The number of carboxylic acids is 1. The van der Waals surface area contributed by atoms with Crippen LogP contribution in [0.15, 0.2) is 9.59 Å².